The summed E-state index contributed by atoms with van der Waals surface area (Å²) in [7, 11) is 0. The quantitative estimate of drug-likeness (QED) is 0.414. The van der Waals surface area contributed by atoms with E-state index in [-0.39, 0.29) is 11.7 Å². The summed E-state index contributed by atoms with van der Waals surface area (Å²) in [6.07, 6.45) is 9.02. The molecule has 2 fully saturated rings. The maximum atomic E-state index is 13.8. The third kappa shape index (κ3) is 3.82. The van der Waals surface area contributed by atoms with Crippen molar-refractivity contribution in [2.45, 2.75) is 50.9 Å². The molecule has 2 aliphatic rings. The van der Waals surface area contributed by atoms with E-state index in [1.807, 2.05) is 30.5 Å². The van der Waals surface area contributed by atoms with Crippen LogP contribution in [-0.4, -0.2) is 10.8 Å². The van der Waals surface area contributed by atoms with E-state index >= 15 is 0 Å². The molecule has 1 heterocycles. The van der Waals surface area contributed by atoms with Gasteiger partial charge in [-0.05, 0) is 97.4 Å². The molecule has 154 valence electrons. The third-order valence-electron chi connectivity index (χ3n) is 7.30. The molecule has 0 amide bonds. The van der Waals surface area contributed by atoms with E-state index in [9.17, 15) is 9.18 Å². The predicted octanol–water partition coefficient (Wildman–Crippen LogP) is 7.00. The topological polar surface area (TPSA) is 30.0 Å². The fraction of sp³-hybridized carbons (Fsp3) is 0.385. The van der Waals surface area contributed by atoms with Gasteiger partial charge >= 0.3 is 0 Å². The van der Waals surface area contributed by atoms with Crippen LogP contribution in [-0.2, 0) is 11.2 Å². The second-order valence-electron chi connectivity index (χ2n) is 9.21. The Hall–Kier alpha value is -2.07. The molecule has 2 saturated carbocycles. The number of aromatic nitrogens is 1. The average Bonchev–Trinajstić information content (AvgIpc) is 2.71. The van der Waals surface area contributed by atoms with Crippen LogP contribution >= 0.6 is 15.9 Å². The standard InChI is InChI=1S/C26H25BrFNO/c27-20-3-1-2-17(12-20)13-25(30)19-15-26(16-19)9-6-18(7-10-26)22-8-11-29-24-5-4-21(28)14-23(22)24/h1-5,8,11-12,14,18-19H,6-7,9-10,13,15-16H2. The number of hydrogen-bond acceptors (Lipinski definition) is 2. The van der Waals surface area contributed by atoms with Crippen LogP contribution in [0.5, 0.6) is 0 Å². The summed E-state index contributed by atoms with van der Waals surface area (Å²) in [5, 5.41) is 0.953. The van der Waals surface area contributed by atoms with Gasteiger partial charge < -0.3 is 0 Å². The predicted molar refractivity (Wildman–Crippen MR) is 121 cm³/mol. The number of pyridine rings is 1. The van der Waals surface area contributed by atoms with Crippen LogP contribution in [0.4, 0.5) is 4.39 Å². The van der Waals surface area contributed by atoms with Gasteiger partial charge in [0, 0.05) is 28.4 Å². The Kier molecular flexibility index (Phi) is 5.22. The van der Waals surface area contributed by atoms with Crippen molar-refractivity contribution in [3.63, 3.8) is 0 Å². The lowest BCUT2D eigenvalue weighted by atomic mass is 9.53. The van der Waals surface area contributed by atoms with Crippen LogP contribution in [0.1, 0.15) is 55.6 Å². The van der Waals surface area contributed by atoms with Crippen LogP contribution in [0, 0.1) is 17.2 Å². The first-order valence-corrected chi connectivity index (χ1v) is 11.6. The number of rotatable bonds is 4. The van der Waals surface area contributed by atoms with Gasteiger partial charge in [0.25, 0.3) is 0 Å². The van der Waals surface area contributed by atoms with Gasteiger partial charge in [0.05, 0.1) is 5.52 Å². The van der Waals surface area contributed by atoms with Crippen molar-refractivity contribution in [3.8, 4) is 0 Å². The highest BCUT2D eigenvalue weighted by atomic mass is 79.9. The first kappa shape index (κ1) is 19.9. The first-order valence-electron chi connectivity index (χ1n) is 10.8. The maximum absolute atomic E-state index is 13.8. The zero-order chi connectivity index (χ0) is 20.7. The van der Waals surface area contributed by atoms with Gasteiger partial charge in [-0.3, -0.25) is 9.78 Å². The molecule has 0 unspecified atom stereocenters. The van der Waals surface area contributed by atoms with E-state index in [1.54, 1.807) is 12.1 Å². The Bertz CT molecular complexity index is 1100. The lowest BCUT2D eigenvalue weighted by molar-refractivity contribution is -0.131. The molecule has 2 nitrogen and oxygen atoms in total. The molecule has 5 rings (SSSR count). The summed E-state index contributed by atoms with van der Waals surface area (Å²) >= 11 is 3.49. The number of fused-ring (bicyclic) bond motifs is 1. The van der Waals surface area contributed by atoms with Crippen molar-refractivity contribution in [1.82, 2.24) is 4.98 Å². The number of benzene rings is 2. The fourth-order valence-corrected chi connectivity index (χ4v) is 6.10. The van der Waals surface area contributed by atoms with E-state index in [0.29, 0.717) is 23.5 Å². The highest BCUT2D eigenvalue weighted by molar-refractivity contribution is 9.10. The number of carbonyl (C=O) groups is 1. The molecule has 0 N–H and O–H groups in total. The number of nitrogens with zero attached hydrogens (tertiary/aromatic N) is 1. The molecule has 30 heavy (non-hydrogen) atoms. The Balaban J connectivity index is 1.21. The molecule has 4 heteroatoms. The van der Waals surface area contributed by atoms with E-state index in [0.717, 1.165) is 59.5 Å². The Morgan fingerprint density at radius 2 is 1.90 bits per heavy atom. The number of carbonyl (C=O) groups excluding carboxylic acids is 1. The van der Waals surface area contributed by atoms with Gasteiger partial charge in [0.1, 0.15) is 11.6 Å². The molecule has 1 aromatic heterocycles. The van der Waals surface area contributed by atoms with Crippen LogP contribution in [0.25, 0.3) is 10.9 Å². The van der Waals surface area contributed by atoms with E-state index < -0.39 is 0 Å². The second kappa shape index (κ2) is 7.88. The summed E-state index contributed by atoms with van der Waals surface area (Å²) in [6, 6.07) is 15.0. The van der Waals surface area contributed by atoms with Gasteiger partial charge in [-0.25, -0.2) is 4.39 Å². The zero-order valence-corrected chi connectivity index (χ0v) is 18.5. The highest BCUT2D eigenvalue weighted by Gasteiger charge is 2.48. The molecule has 1 spiro atoms. The van der Waals surface area contributed by atoms with Crippen LogP contribution in [0.15, 0.2) is 59.2 Å². The minimum absolute atomic E-state index is 0.199. The molecule has 0 radical (unpaired) electrons. The smallest absolute Gasteiger partial charge is 0.140 e. The molecular formula is C26H25BrFNO. The molecule has 0 saturated heterocycles. The second-order valence-corrected chi connectivity index (χ2v) is 10.1. The lowest BCUT2D eigenvalue weighted by Crippen LogP contribution is -2.43. The molecule has 0 bridgehead atoms. The van der Waals surface area contributed by atoms with E-state index in [1.165, 1.54) is 11.6 Å². The maximum Gasteiger partial charge on any atom is 0.140 e. The fourth-order valence-electron chi connectivity index (χ4n) is 5.65. The van der Waals surface area contributed by atoms with E-state index in [4.69, 9.17) is 0 Å². The summed E-state index contributed by atoms with van der Waals surface area (Å²) in [4.78, 5) is 17.1. The zero-order valence-electron chi connectivity index (χ0n) is 16.9. The van der Waals surface area contributed by atoms with Gasteiger partial charge in [0.15, 0.2) is 0 Å². The first-order chi connectivity index (χ1) is 14.5. The Morgan fingerprint density at radius 3 is 2.67 bits per heavy atom. The van der Waals surface area contributed by atoms with Crippen LogP contribution < -0.4 is 0 Å². The number of halogens is 2. The lowest BCUT2D eigenvalue weighted by Gasteiger charge is -2.51. The average molecular weight is 466 g/mol. The summed E-state index contributed by atoms with van der Waals surface area (Å²) in [5.74, 6) is 0.863. The minimum atomic E-state index is -0.199. The number of ketones is 1. The van der Waals surface area contributed by atoms with Crippen molar-refractivity contribution in [2.24, 2.45) is 11.3 Å². The summed E-state index contributed by atoms with van der Waals surface area (Å²) in [6.45, 7) is 0. The molecule has 3 aromatic rings. The van der Waals surface area contributed by atoms with Crippen molar-refractivity contribution < 1.29 is 9.18 Å². The van der Waals surface area contributed by atoms with Crippen molar-refractivity contribution in [1.29, 1.82) is 0 Å². The van der Waals surface area contributed by atoms with Crippen LogP contribution in [0.3, 0.4) is 0 Å². The molecule has 0 atom stereocenters. The summed E-state index contributed by atoms with van der Waals surface area (Å²) in [5.41, 5.74) is 3.55. The van der Waals surface area contributed by atoms with E-state index in [2.05, 4.69) is 27.0 Å². The van der Waals surface area contributed by atoms with Gasteiger partial charge in [-0.15, -0.1) is 0 Å². The van der Waals surface area contributed by atoms with Crippen molar-refractivity contribution >= 4 is 32.6 Å². The molecular weight excluding hydrogens is 441 g/mol. The largest absolute Gasteiger partial charge is 0.299 e. The third-order valence-corrected chi connectivity index (χ3v) is 7.80. The van der Waals surface area contributed by atoms with Crippen molar-refractivity contribution in [3.05, 3.63) is 76.1 Å². The number of hydrogen-bond donors (Lipinski definition) is 0. The van der Waals surface area contributed by atoms with Crippen LogP contribution in [0.2, 0.25) is 0 Å². The SMILES string of the molecule is O=C(Cc1cccc(Br)c1)C1CC2(CCC(c3ccnc4ccc(F)cc34)CC2)C1. The molecule has 0 aliphatic heterocycles. The molecule has 2 aromatic carbocycles. The normalized spacial score (nSPS) is 25.9. The minimum Gasteiger partial charge on any atom is -0.299 e. The molecule has 2 aliphatic carbocycles. The monoisotopic (exact) mass is 465 g/mol. The summed E-state index contributed by atoms with van der Waals surface area (Å²) < 4.78 is 14.8. The van der Waals surface area contributed by atoms with Crippen molar-refractivity contribution in [2.75, 3.05) is 0 Å². The van der Waals surface area contributed by atoms with Gasteiger partial charge in [-0.1, -0.05) is 28.1 Å². The number of Topliss-reactive ketones (excluding diaryl/α,β-unsaturated/α-hetero) is 1. The van der Waals surface area contributed by atoms with Gasteiger partial charge in [-0.2, -0.15) is 0 Å². The Morgan fingerprint density at radius 1 is 1.10 bits per heavy atom. The van der Waals surface area contributed by atoms with Gasteiger partial charge in [0.2, 0.25) is 0 Å². The highest BCUT2D eigenvalue weighted by Crippen LogP contribution is 2.57. The Labute approximate surface area is 185 Å².